The monoisotopic (exact) mass is 402 g/mol. The molecule has 1 fully saturated rings. The fraction of sp³-hybridized carbons (Fsp3) is 0.400. The van der Waals surface area contributed by atoms with E-state index in [0.29, 0.717) is 24.7 Å². The van der Waals surface area contributed by atoms with E-state index in [1.807, 2.05) is 42.9 Å². The van der Waals surface area contributed by atoms with Crippen LogP contribution in [-0.2, 0) is 13.1 Å². The lowest BCUT2D eigenvalue weighted by atomic mass is 9.81. The second kappa shape index (κ2) is 9.24. The summed E-state index contributed by atoms with van der Waals surface area (Å²) in [7, 11) is 0. The Morgan fingerprint density at radius 2 is 1.87 bits per heavy atom. The van der Waals surface area contributed by atoms with Gasteiger partial charge in [-0.3, -0.25) is 14.5 Å². The summed E-state index contributed by atoms with van der Waals surface area (Å²) in [5, 5.41) is 4.49. The third-order valence-electron chi connectivity index (χ3n) is 6.17. The van der Waals surface area contributed by atoms with Crippen LogP contribution in [0.1, 0.15) is 65.8 Å². The van der Waals surface area contributed by atoms with Crippen LogP contribution in [0.2, 0.25) is 0 Å². The van der Waals surface area contributed by atoms with Gasteiger partial charge in [0.2, 0.25) is 0 Å². The van der Waals surface area contributed by atoms with Crippen LogP contribution in [0.5, 0.6) is 0 Å². The maximum atomic E-state index is 13.6. The van der Waals surface area contributed by atoms with Gasteiger partial charge in [-0.05, 0) is 68.7 Å². The van der Waals surface area contributed by atoms with Gasteiger partial charge >= 0.3 is 0 Å². The average molecular weight is 403 g/mol. The molecule has 0 spiro atoms. The largest absolute Gasteiger partial charge is 0.330 e. The van der Waals surface area contributed by atoms with Gasteiger partial charge in [-0.2, -0.15) is 5.10 Å². The van der Waals surface area contributed by atoms with Crippen molar-refractivity contribution in [3.63, 3.8) is 0 Å². The van der Waals surface area contributed by atoms with Crippen molar-refractivity contribution in [2.24, 2.45) is 0 Å². The predicted molar refractivity (Wildman–Crippen MR) is 118 cm³/mol. The Hall–Kier alpha value is -2.95. The topological polar surface area (TPSA) is 51.0 Å². The summed E-state index contributed by atoms with van der Waals surface area (Å²) in [6, 6.07) is 16.9. The summed E-state index contributed by atoms with van der Waals surface area (Å²) in [6.07, 6.45) is 7.89. The molecule has 2 aromatic heterocycles. The quantitative estimate of drug-likeness (QED) is 0.585. The van der Waals surface area contributed by atoms with Crippen molar-refractivity contribution in [2.45, 2.75) is 64.6 Å². The molecular weight excluding hydrogens is 372 g/mol. The van der Waals surface area contributed by atoms with Crippen LogP contribution in [-0.4, -0.2) is 31.6 Å². The Balaban J connectivity index is 1.55. The van der Waals surface area contributed by atoms with E-state index in [0.717, 1.165) is 36.9 Å². The fourth-order valence-electron chi connectivity index (χ4n) is 4.61. The number of hydrogen-bond donors (Lipinski definition) is 0. The number of hydrogen-bond acceptors (Lipinski definition) is 3. The molecule has 5 heteroatoms. The third kappa shape index (κ3) is 4.45. The zero-order valence-corrected chi connectivity index (χ0v) is 17.9. The molecule has 0 N–H and O–H groups in total. The number of aryl methyl sites for hydroxylation is 2. The molecule has 0 bridgehead atoms. The van der Waals surface area contributed by atoms with Crippen molar-refractivity contribution in [1.29, 1.82) is 0 Å². The number of rotatable bonds is 6. The molecule has 0 radical (unpaired) electrons. The summed E-state index contributed by atoms with van der Waals surface area (Å²) in [5.74, 6) is 0.658. The Kier molecular flexibility index (Phi) is 6.26. The number of benzene rings is 1. The van der Waals surface area contributed by atoms with Gasteiger partial charge in [-0.1, -0.05) is 36.4 Å². The summed E-state index contributed by atoms with van der Waals surface area (Å²) in [6.45, 7) is 5.25. The number of carbonyl (C=O) groups excluding carboxylic acids is 1. The van der Waals surface area contributed by atoms with Crippen LogP contribution in [0.15, 0.2) is 60.9 Å². The van der Waals surface area contributed by atoms with Gasteiger partial charge in [0.1, 0.15) is 5.69 Å². The second-order valence-corrected chi connectivity index (χ2v) is 8.20. The van der Waals surface area contributed by atoms with Crippen LogP contribution >= 0.6 is 0 Å². The molecule has 156 valence electrons. The van der Waals surface area contributed by atoms with Crippen molar-refractivity contribution in [2.75, 3.05) is 0 Å². The Morgan fingerprint density at radius 1 is 1.10 bits per heavy atom. The zero-order valence-electron chi connectivity index (χ0n) is 17.9. The minimum Gasteiger partial charge on any atom is -0.330 e. The standard InChI is InChI=1S/C25H30N4O/c1-3-29-24(16-19(2)27-29)25(30)28(18-20-8-7-15-26-17-20)23-13-11-22(12-14-23)21-9-5-4-6-10-21/h4-10,15-17,22-23H,3,11-14,18H2,1-2H3. The summed E-state index contributed by atoms with van der Waals surface area (Å²) >= 11 is 0. The number of carbonyl (C=O) groups is 1. The highest BCUT2D eigenvalue weighted by atomic mass is 16.2. The third-order valence-corrected chi connectivity index (χ3v) is 6.17. The Labute approximate surface area is 178 Å². The number of nitrogens with zero attached hydrogens (tertiary/aromatic N) is 4. The van der Waals surface area contributed by atoms with E-state index < -0.39 is 0 Å². The molecule has 1 aromatic carbocycles. The minimum atomic E-state index is 0.0736. The van der Waals surface area contributed by atoms with Gasteiger partial charge in [0.15, 0.2) is 0 Å². The highest BCUT2D eigenvalue weighted by Crippen LogP contribution is 2.35. The first-order valence-electron chi connectivity index (χ1n) is 10.9. The van der Waals surface area contributed by atoms with E-state index in [1.54, 1.807) is 6.20 Å². The maximum Gasteiger partial charge on any atom is 0.272 e. The zero-order chi connectivity index (χ0) is 20.9. The molecule has 0 unspecified atom stereocenters. The lowest BCUT2D eigenvalue weighted by Crippen LogP contribution is -2.42. The first-order valence-corrected chi connectivity index (χ1v) is 10.9. The SMILES string of the molecule is CCn1nc(C)cc1C(=O)N(Cc1cccnc1)C1CCC(c2ccccc2)CC1. The first kappa shape index (κ1) is 20.3. The van der Waals surface area contributed by atoms with Gasteiger partial charge in [-0.15, -0.1) is 0 Å². The van der Waals surface area contributed by atoms with Crippen molar-refractivity contribution in [1.82, 2.24) is 19.7 Å². The van der Waals surface area contributed by atoms with E-state index in [2.05, 4.69) is 45.3 Å². The van der Waals surface area contributed by atoms with E-state index in [4.69, 9.17) is 0 Å². The summed E-state index contributed by atoms with van der Waals surface area (Å²) in [4.78, 5) is 19.9. The number of aromatic nitrogens is 3. The molecule has 3 aromatic rings. The average Bonchev–Trinajstić information content (AvgIpc) is 3.19. The summed E-state index contributed by atoms with van der Waals surface area (Å²) in [5.41, 5.74) is 4.05. The first-order chi connectivity index (χ1) is 14.7. The second-order valence-electron chi connectivity index (χ2n) is 8.20. The van der Waals surface area contributed by atoms with Crippen LogP contribution < -0.4 is 0 Å². The van der Waals surface area contributed by atoms with Crippen LogP contribution in [0.25, 0.3) is 0 Å². The predicted octanol–water partition coefficient (Wildman–Crippen LogP) is 4.98. The molecule has 2 heterocycles. The lowest BCUT2D eigenvalue weighted by Gasteiger charge is -2.37. The van der Waals surface area contributed by atoms with Crippen molar-refractivity contribution >= 4 is 5.91 Å². The molecule has 1 saturated carbocycles. The van der Waals surface area contributed by atoms with Crippen LogP contribution in [0, 0.1) is 6.92 Å². The number of pyridine rings is 1. The van der Waals surface area contributed by atoms with Crippen molar-refractivity contribution in [3.05, 3.63) is 83.4 Å². The molecule has 1 aliphatic carbocycles. The molecular formula is C25H30N4O. The van der Waals surface area contributed by atoms with Crippen LogP contribution in [0.4, 0.5) is 0 Å². The molecule has 30 heavy (non-hydrogen) atoms. The van der Waals surface area contributed by atoms with E-state index in [1.165, 1.54) is 5.56 Å². The summed E-state index contributed by atoms with van der Waals surface area (Å²) < 4.78 is 1.82. The highest BCUT2D eigenvalue weighted by molar-refractivity contribution is 5.93. The van der Waals surface area contributed by atoms with E-state index >= 15 is 0 Å². The smallest absolute Gasteiger partial charge is 0.272 e. The van der Waals surface area contributed by atoms with Gasteiger partial charge in [-0.25, -0.2) is 0 Å². The Morgan fingerprint density at radius 3 is 2.53 bits per heavy atom. The highest BCUT2D eigenvalue weighted by Gasteiger charge is 2.31. The van der Waals surface area contributed by atoms with Gasteiger partial charge < -0.3 is 4.90 Å². The van der Waals surface area contributed by atoms with E-state index in [9.17, 15) is 4.79 Å². The normalized spacial score (nSPS) is 18.9. The van der Waals surface area contributed by atoms with E-state index in [-0.39, 0.29) is 11.9 Å². The molecule has 4 rings (SSSR count). The number of amides is 1. The fourth-order valence-corrected chi connectivity index (χ4v) is 4.61. The molecule has 0 atom stereocenters. The Bertz CT molecular complexity index is 959. The lowest BCUT2D eigenvalue weighted by molar-refractivity contribution is 0.0592. The van der Waals surface area contributed by atoms with Gasteiger partial charge in [0.25, 0.3) is 5.91 Å². The van der Waals surface area contributed by atoms with Gasteiger partial charge in [0, 0.05) is 31.5 Å². The van der Waals surface area contributed by atoms with Crippen molar-refractivity contribution in [3.8, 4) is 0 Å². The molecule has 0 aliphatic heterocycles. The minimum absolute atomic E-state index is 0.0736. The van der Waals surface area contributed by atoms with Crippen LogP contribution in [0.3, 0.4) is 0 Å². The molecule has 5 nitrogen and oxygen atoms in total. The molecule has 1 amide bonds. The maximum absolute atomic E-state index is 13.6. The van der Waals surface area contributed by atoms with Crippen molar-refractivity contribution < 1.29 is 4.79 Å². The van der Waals surface area contributed by atoms with Gasteiger partial charge in [0.05, 0.1) is 5.69 Å². The molecule has 0 saturated heterocycles. The molecule has 1 aliphatic rings.